The van der Waals surface area contributed by atoms with Gasteiger partial charge in [-0.3, -0.25) is 9.20 Å². The molecule has 0 aliphatic carbocycles. The van der Waals surface area contributed by atoms with Gasteiger partial charge in [-0.25, -0.2) is 18.7 Å². The van der Waals surface area contributed by atoms with Gasteiger partial charge in [0.15, 0.2) is 17.3 Å². The van der Waals surface area contributed by atoms with E-state index in [0.29, 0.717) is 45.0 Å². The maximum Gasteiger partial charge on any atom is 0.247 e. The van der Waals surface area contributed by atoms with Crippen LogP contribution in [0.25, 0.3) is 27.8 Å². The Bertz CT molecular complexity index is 1820. The predicted octanol–water partition coefficient (Wildman–Crippen LogP) is 6.72. The summed E-state index contributed by atoms with van der Waals surface area (Å²) in [6.45, 7) is 5.18. The van der Waals surface area contributed by atoms with E-state index in [9.17, 15) is 13.6 Å². The summed E-state index contributed by atoms with van der Waals surface area (Å²) < 4.78 is 40.6. The number of pyridine rings is 1. The second kappa shape index (κ2) is 10.6. The fourth-order valence-electron chi connectivity index (χ4n) is 4.17. The zero-order valence-corrected chi connectivity index (χ0v) is 22.8. The number of carbonyl (C=O) groups is 1. The van der Waals surface area contributed by atoms with Crippen molar-refractivity contribution in [2.45, 2.75) is 6.92 Å². The molecule has 2 aromatic carbocycles. The highest BCUT2D eigenvalue weighted by Gasteiger charge is 2.23. The molecule has 40 heavy (non-hydrogen) atoms. The number of carbonyl (C=O) groups excluding carboxylic acids is 1. The van der Waals surface area contributed by atoms with Gasteiger partial charge in [-0.2, -0.15) is 4.98 Å². The number of imidazole rings is 1. The molecule has 5 aromatic rings. The van der Waals surface area contributed by atoms with Gasteiger partial charge in [0, 0.05) is 47.1 Å². The second-order valence-corrected chi connectivity index (χ2v) is 9.28. The number of hydrogen-bond donors (Lipinski definition) is 2. The van der Waals surface area contributed by atoms with E-state index in [1.807, 2.05) is 6.92 Å². The Kier molecular flexibility index (Phi) is 7.17. The first kappa shape index (κ1) is 27.1. The maximum atomic E-state index is 14.1. The number of aryl methyl sites for hydroxylation is 1. The minimum Gasteiger partial charge on any atom is -0.495 e. The van der Waals surface area contributed by atoms with Gasteiger partial charge >= 0.3 is 0 Å². The van der Waals surface area contributed by atoms with Gasteiger partial charge in [-0.05, 0) is 19.1 Å². The number of fused-ring (bicyclic) bond motifs is 3. The summed E-state index contributed by atoms with van der Waals surface area (Å²) in [7, 11) is 2.97. The Labute approximate surface area is 236 Å². The molecule has 0 bridgehead atoms. The van der Waals surface area contributed by atoms with Crippen molar-refractivity contribution in [1.82, 2.24) is 19.4 Å². The van der Waals surface area contributed by atoms with Crippen molar-refractivity contribution >= 4 is 63.1 Å². The smallest absolute Gasteiger partial charge is 0.247 e. The molecular formula is C27H20Cl2F2N6O3. The van der Waals surface area contributed by atoms with E-state index in [2.05, 4.69) is 32.2 Å². The van der Waals surface area contributed by atoms with Gasteiger partial charge in [0.2, 0.25) is 11.9 Å². The van der Waals surface area contributed by atoms with E-state index in [4.69, 9.17) is 32.7 Å². The number of benzene rings is 2. The van der Waals surface area contributed by atoms with Gasteiger partial charge in [-0.1, -0.05) is 29.8 Å². The summed E-state index contributed by atoms with van der Waals surface area (Å²) in [5.41, 5.74) is 2.64. The summed E-state index contributed by atoms with van der Waals surface area (Å²) >= 11 is 13.4. The fourth-order valence-corrected chi connectivity index (χ4v) is 4.87. The molecule has 9 nitrogen and oxygen atoms in total. The molecule has 3 heterocycles. The zero-order chi connectivity index (χ0) is 28.7. The van der Waals surface area contributed by atoms with Crippen LogP contribution in [-0.4, -0.2) is 39.5 Å². The van der Waals surface area contributed by atoms with Gasteiger partial charge in [0.1, 0.15) is 17.1 Å². The minimum atomic E-state index is -1.14. The fraction of sp³-hybridized carbons (Fsp3) is 0.111. The van der Waals surface area contributed by atoms with E-state index in [-0.39, 0.29) is 27.4 Å². The van der Waals surface area contributed by atoms with Crippen molar-refractivity contribution in [3.8, 4) is 22.6 Å². The quantitative estimate of drug-likeness (QED) is 0.205. The Morgan fingerprint density at radius 3 is 2.27 bits per heavy atom. The van der Waals surface area contributed by atoms with Crippen molar-refractivity contribution in [1.29, 1.82) is 0 Å². The molecule has 13 heteroatoms. The first-order chi connectivity index (χ1) is 19.1. The third-order valence-electron chi connectivity index (χ3n) is 5.98. The predicted molar refractivity (Wildman–Crippen MR) is 150 cm³/mol. The van der Waals surface area contributed by atoms with Crippen LogP contribution in [0.4, 0.5) is 26.1 Å². The van der Waals surface area contributed by atoms with Crippen LogP contribution in [0.15, 0.2) is 49.3 Å². The number of aromatic nitrogens is 4. The van der Waals surface area contributed by atoms with Crippen molar-refractivity contribution in [3.05, 3.63) is 76.7 Å². The lowest BCUT2D eigenvalue weighted by molar-refractivity contribution is -0.111. The van der Waals surface area contributed by atoms with E-state index < -0.39 is 17.5 Å². The van der Waals surface area contributed by atoms with E-state index in [1.54, 1.807) is 22.7 Å². The number of halogens is 4. The third-order valence-corrected chi connectivity index (χ3v) is 6.73. The van der Waals surface area contributed by atoms with E-state index in [0.717, 1.165) is 18.2 Å². The molecule has 204 valence electrons. The summed E-state index contributed by atoms with van der Waals surface area (Å²) in [4.78, 5) is 25.4. The number of methoxy groups -OCH3 is 2. The monoisotopic (exact) mass is 584 g/mol. The molecule has 0 saturated carbocycles. The molecule has 1 amide bonds. The van der Waals surface area contributed by atoms with Crippen molar-refractivity contribution in [2.75, 3.05) is 24.9 Å². The number of nitrogens with one attached hydrogen (secondary N) is 2. The molecule has 0 saturated heterocycles. The van der Waals surface area contributed by atoms with Crippen molar-refractivity contribution in [2.24, 2.45) is 0 Å². The summed E-state index contributed by atoms with van der Waals surface area (Å²) in [6, 6.07) is 5.11. The standard InChI is InChI=1S/C27H20Cl2F2N6O3/c1-5-21(38)34-17-7-15(30)16(31)8-18(17)35-27-32-10-13-6-14(26-33-12(2)11-37(26)25(13)36-27)22-23(28)19(39-3)9-20(40-4)24(22)29/h5-11H,1H2,2-4H3,(H,34,38)(H,32,35,36). The Morgan fingerprint density at radius 1 is 1.00 bits per heavy atom. The number of ether oxygens (including phenoxy) is 2. The molecule has 0 spiro atoms. The SMILES string of the molecule is C=CC(=O)Nc1cc(F)c(F)cc1Nc1ncc2cc(-c3c(Cl)c(OC)cc(OC)c3Cl)c3nc(C)cn3c2n1. The van der Waals surface area contributed by atoms with Crippen LogP contribution >= 0.6 is 23.2 Å². The molecule has 0 unspecified atom stereocenters. The van der Waals surface area contributed by atoms with Crippen LogP contribution < -0.4 is 20.1 Å². The van der Waals surface area contributed by atoms with E-state index in [1.165, 1.54) is 20.4 Å². The lowest BCUT2D eigenvalue weighted by Gasteiger charge is -2.16. The van der Waals surface area contributed by atoms with Crippen LogP contribution in [0.1, 0.15) is 5.69 Å². The summed E-state index contributed by atoms with van der Waals surface area (Å²) in [5, 5.41) is 6.39. The van der Waals surface area contributed by atoms with Gasteiger partial charge < -0.3 is 20.1 Å². The Hall–Kier alpha value is -4.48. The lowest BCUT2D eigenvalue weighted by Crippen LogP contribution is -2.11. The molecule has 0 radical (unpaired) electrons. The molecule has 0 aliphatic heterocycles. The number of amides is 1. The molecule has 0 aliphatic rings. The van der Waals surface area contributed by atoms with Crippen LogP contribution in [0.5, 0.6) is 11.5 Å². The number of nitrogens with zero attached hydrogens (tertiary/aromatic N) is 4. The van der Waals surface area contributed by atoms with Gasteiger partial charge in [0.25, 0.3) is 0 Å². The number of hydrogen-bond acceptors (Lipinski definition) is 7. The van der Waals surface area contributed by atoms with Gasteiger partial charge in [-0.15, -0.1) is 0 Å². The molecule has 0 fully saturated rings. The van der Waals surface area contributed by atoms with Crippen LogP contribution in [-0.2, 0) is 4.79 Å². The molecule has 0 atom stereocenters. The first-order valence-electron chi connectivity index (χ1n) is 11.6. The number of anilines is 3. The van der Waals surface area contributed by atoms with Gasteiger partial charge in [0.05, 0.1) is 41.3 Å². The topological polar surface area (TPSA) is 103 Å². The number of rotatable bonds is 7. The van der Waals surface area contributed by atoms with Crippen LogP contribution in [0.2, 0.25) is 10.0 Å². The highest BCUT2D eigenvalue weighted by molar-refractivity contribution is 6.41. The second-order valence-electron chi connectivity index (χ2n) is 8.52. The highest BCUT2D eigenvalue weighted by Crippen LogP contribution is 2.47. The van der Waals surface area contributed by atoms with E-state index >= 15 is 0 Å². The third kappa shape index (κ3) is 4.74. The molecule has 5 rings (SSSR count). The largest absolute Gasteiger partial charge is 0.495 e. The van der Waals surface area contributed by atoms with Crippen molar-refractivity contribution < 1.29 is 23.0 Å². The van der Waals surface area contributed by atoms with Crippen molar-refractivity contribution in [3.63, 3.8) is 0 Å². The Morgan fingerprint density at radius 2 is 1.65 bits per heavy atom. The summed E-state index contributed by atoms with van der Waals surface area (Å²) in [6.07, 6.45) is 4.30. The molecule has 3 aromatic heterocycles. The first-order valence-corrected chi connectivity index (χ1v) is 12.4. The lowest BCUT2D eigenvalue weighted by atomic mass is 10.0. The molecular weight excluding hydrogens is 565 g/mol. The Balaban J connectivity index is 1.68. The minimum absolute atomic E-state index is 0.0253. The zero-order valence-electron chi connectivity index (χ0n) is 21.3. The average Bonchev–Trinajstić information content (AvgIpc) is 3.33. The maximum absolute atomic E-state index is 14.1. The van der Waals surface area contributed by atoms with Crippen LogP contribution in [0.3, 0.4) is 0 Å². The highest BCUT2D eigenvalue weighted by atomic mass is 35.5. The average molecular weight is 585 g/mol. The molecule has 2 N–H and O–H groups in total. The van der Waals surface area contributed by atoms with Crippen LogP contribution in [0, 0.1) is 18.6 Å². The normalized spacial score (nSPS) is 11.1. The summed E-state index contributed by atoms with van der Waals surface area (Å²) in [5.74, 6) is -2.10.